The van der Waals surface area contributed by atoms with Gasteiger partial charge in [0.15, 0.2) is 45.1 Å². The summed E-state index contributed by atoms with van der Waals surface area (Å²) in [6, 6.07) is 28.3. The predicted octanol–water partition coefficient (Wildman–Crippen LogP) is 15.6. The van der Waals surface area contributed by atoms with Crippen LogP contribution in [0.2, 0.25) is 0 Å². The highest BCUT2D eigenvalue weighted by atomic mass is 35.6. The van der Waals surface area contributed by atoms with Crippen molar-refractivity contribution in [2.45, 2.75) is 31.4 Å². The number of carbonyl (C=O) groups is 4. The Morgan fingerprint density at radius 2 is 0.931 bits per heavy atom. The largest absolute Gasteiger partial charge is 0.460 e. The molecule has 4 aliphatic rings. The monoisotopic (exact) mass is 1520 g/mol. The van der Waals surface area contributed by atoms with Crippen LogP contribution in [0.5, 0.6) is 0 Å². The molecule has 17 nitrogen and oxygen atoms in total. The fourth-order valence-electron chi connectivity index (χ4n) is 7.90. The van der Waals surface area contributed by atoms with Gasteiger partial charge in [0, 0.05) is 47.0 Å². The molecule has 0 atom stereocenters. The summed E-state index contributed by atoms with van der Waals surface area (Å²) in [5, 5.41) is 2.68. The third-order valence-corrected chi connectivity index (χ3v) is 19.6. The number of anilines is 2. The number of ketones is 1. The summed E-state index contributed by atoms with van der Waals surface area (Å²) in [6.45, 7) is 0.539. The quantitative estimate of drug-likeness (QED) is 0.0250. The van der Waals surface area contributed by atoms with E-state index in [0.717, 1.165) is 48.0 Å². The number of hydrogen-bond acceptors (Lipinski definition) is 21. The molecule has 87 heavy (non-hydrogen) atoms. The van der Waals surface area contributed by atoms with Gasteiger partial charge in [0.05, 0.1) is 53.4 Å². The third-order valence-electron chi connectivity index (χ3n) is 12.0. The van der Waals surface area contributed by atoms with Crippen molar-refractivity contribution in [3.63, 3.8) is 0 Å². The average Bonchev–Trinajstić information content (AvgIpc) is 2.17. The molecule has 0 N–H and O–H groups in total. The van der Waals surface area contributed by atoms with Gasteiger partial charge in [-0.25, -0.2) is 34.7 Å². The molecule has 6 aromatic rings. The van der Waals surface area contributed by atoms with Gasteiger partial charge in [-0.15, -0.1) is 0 Å². The standard InChI is InChI=1S/C27H19Cl6N5O4S3.C25H15Cl6N5O3S3/c1-37-16-4-2-3-5-17(16)44-21(37)18-20(39)38(25(43)45-18)10-11-41-12-13-42-22(40)15-8-6-14(7-9-15)19-34-23(26(28,29)30)36-24(35-19)27(31,32)33;1-35-14-4-2-3-5-16(14)41-20(35)17-19(38)36(23(40)42-17)39-11-10-15(37)12-6-8-13(9-7-12)18-32-21(24(26,27)28)34-22(33-18)25(29,30)31/h2-9H,10-13H2,1H3;2-9H,10-11H2,1H3/b21-18+;20-17+. The second-order valence-corrected chi connectivity index (χ2v) is 32.3. The van der Waals surface area contributed by atoms with E-state index in [0.29, 0.717) is 30.8 Å². The summed E-state index contributed by atoms with van der Waals surface area (Å²) in [4.78, 5) is 90.5. The maximum atomic E-state index is 13.1. The maximum absolute atomic E-state index is 13.1. The van der Waals surface area contributed by atoms with Gasteiger partial charge in [-0.2, -0.15) is 5.06 Å². The zero-order valence-corrected chi connectivity index (χ0v) is 57.8. The summed E-state index contributed by atoms with van der Waals surface area (Å²) >= 11 is 87.6. The highest BCUT2D eigenvalue weighted by Crippen LogP contribution is 2.52. The fraction of sp³-hybridized carbons (Fsp3) is 0.231. The van der Waals surface area contributed by atoms with Crippen LogP contribution in [0.1, 0.15) is 50.4 Å². The summed E-state index contributed by atoms with van der Waals surface area (Å²) in [5.41, 5.74) is 3.60. The van der Waals surface area contributed by atoms with E-state index < -0.39 is 21.1 Å². The first-order valence-corrected chi connectivity index (χ1v) is 33.1. The molecule has 6 heterocycles. The Bertz CT molecular complexity index is 3740. The number of aromatic nitrogens is 6. The second-order valence-electron chi connectivity index (χ2n) is 17.8. The van der Waals surface area contributed by atoms with E-state index in [1.165, 1.54) is 40.6 Å². The Kier molecular flexibility index (Phi) is 22.4. The highest BCUT2D eigenvalue weighted by molar-refractivity contribution is 8.27. The zero-order valence-electron chi connectivity index (χ0n) is 43.8. The number of amides is 2. The van der Waals surface area contributed by atoms with Gasteiger partial charge in [0.25, 0.3) is 11.8 Å². The number of rotatable bonds is 14. The number of benzene rings is 4. The second kappa shape index (κ2) is 28.5. The van der Waals surface area contributed by atoms with Crippen LogP contribution in [-0.2, 0) is 39.1 Å². The number of esters is 1. The molecular formula is C52H34Cl12N10O7S6. The average molecular weight is 1530 g/mol. The number of hydrogen-bond donors (Lipinski definition) is 0. The van der Waals surface area contributed by atoms with E-state index in [1.807, 2.05) is 72.4 Å². The Morgan fingerprint density at radius 3 is 1.38 bits per heavy atom. The van der Waals surface area contributed by atoms with Crippen molar-refractivity contribution in [2.24, 2.45) is 0 Å². The molecule has 454 valence electrons. The number of nitrogens with zero attached hydrogens (tertiary/aromatic N) is 10. The lowest BCUT2D eigenvalue weighted by molar-refractivity contribution is -0.155. The maximum Gasteiger partial charge on any atom is 0.338 e. The van der Waals surface area contributed by atoms with Crippen LogP contribution in [0.4, 0.5) is 11.4 Å². The van der Waals surface area contributed by atoms with Crippen LogP contribution in [0.3, 0.4) is 0 Å². The minimum atomic E-state index is -2.00. The molecule has 0 radical (unpaired) electrons. The van der Waals surface area contributed by atoms with Crippen molar-refractivity contribution in [1.29, 1.82) is 0 Å². The smallest absolute Gasteiger partial charge is 0.338 e. The number of fused-ring (bicyclic) bond motifs is 2. The minimum Gasteiger partial charge on any atom is -0.460 e. The number of alkyl halides is 12. The zero-order chi connectivity index (χ0) is 62.9. The van der Waals surface area contributed by atoms with Crippen LogP contribution in [-0.4, -0.2) is 119 Å². The molecule has 2 aromatic heterocycles. The van der Waals surface area contributed by atoms with Crippen LogP contribution >= 0.6 is 211 Å². The van der Waals surface area contributed by atoms with Crippen LogP contribution in [0.25, 0.3) is 22.8 Å². The van der Waals surface area contributed by atoms with Gasteiger partial charge < -0.3 is 19.3 Å². The van der Waals surface area contributed by atoms with Gasteiger partial charge in [-0.3, -0.25) is 24.1 Å². The fourth-order valence-corrected chi connectivity index (χ4v) is 14.1. The Labute approximate surface area is 583 Å². The van der Waals surface area contributed by atoms with Gasteiger partial charge in [-0.05, 0) is 60.4 Å². The van der Waals surface area contributed by atoms with Gasteiger partial charge in [-0.1, -0.05) is 247 Å². The molecule has 0 spiro atoms. The molecule has 2 fully saturated rings. The summed E-state index contributed by atoms with van der Waals surface area (Å²) in [6.07, 6.45) is -0.0109. The molecule has 0 saturated carbocycles. The molecule has 0 aliphatic carbocycles. The van der Waals surface area contributed by atoms with E-state index in [1.54, 1.807) is 48.2 Å². The predicted molar refractivity (Wildman–Crippen MR) is 358 cm³/mol. The summed E-state index contributed by atoms with van der Waals surface area (Å²) in [7, 11) is 3.83. The molecule has 4 aromatic carbocycles. The van der Waals surface area contributed by atoms with Crippen molar-refractivity contribution in [1.82, 2.24) is 39.9 Å². The molecule has 10 rings (SSSR count). The molecular weight excluding hydrogens is 1490 g/mol. The van der Waals surface area contributed by atoms with Crippen molar-refractivity contribution in [3.8, 4) is 22.8 Å². The van der Waals surface area contributed by atoms with Gasteiger partial charge >= 0.3 is 5.97 Å². The van der Waals surface area contributed by atoms with Gasteiger partial charge in [0.2, 0.25) is 15.2 Å². The SMILES string of the molecule is CN1/C(=C2\SC(=S)N(CCOCCOC(=O)c3ccc(-c4nc(C(Cl)(Cl)Cl)nc(C(Cl)(Cl)Cl)n4)cc3)C2=O)Sc2ccccc21.CN1/C(=C2\SC(=S)N(OCCC(=O)c3ccc(-c4nc(C(Cl)(Cl)Cl)nc(C(Cl)(Cl)Cl)n4)cc3)C2=O)Sc2ccccc21. The van der Waals surface area contributed by atoms with Crippen molar-refractivity contribution in [2.75, 3.05) is 56.9 Å². The Balaban J connectivity index is 0.000000208. The first-order chi connectivity index (χ1) is 41.0. The van der Waals surface area contributed by atoms with Crippen LogP contribution in [0.15, 0.2) is 127 Å². The number of carbonyl (C=O) groups excluding carboxylic acids is 4. The number of halogens is 12. The molecule has 0 bridgehead atoms. The number of para-hydroxylation sites is 2. The summed E-state index contributed by atoms with van der Waals surface area (Å²) in [5.74, 6) is -2.12. The Morgan fingerprint density at radius 1 is 0.506 bits per heavy atom. The topological polar surface area (TPSA) is 186 Å². The Hall–Kier alpha value is -2.96. The normalized spacial score (nSPS) is 17.1. The van der Waals surface area contributed by atoms with Crippen LogP contribution in [0, 0.1) is 0 Å². The molecule has 2 saturated heterocycles. The molecule has 4 aliphatic heterocycles. The first kappa shape index (κ1) is 68.4. The van der Waals surface area contributed by atoms with E-state index in [2.05, 4.69) is 29.9 Å². The number of ether oxygens (including phenoxy) is 2. The molecule has 0 unspecified atom stereocenters. The number of hydroxylamine groups is 2. The third kappa shape index (κ3) is 16.5. The first-order valence-electron chi connectivity index (χ1n) is 24.5. The lowest BCUT2D eigenvalue weighted by Crippen LogP contribution is -2.32. The van der Waals surface area contributed by atoms with Gasteiger partial charge in [0.1, 0.15) is 20.7 Å². The van der Waals surface area contributed by atoms with Crippen molar-refractivity contribution < 1.29 is 33.5 Å². The van der Waals surface area contributed by atoms with Crippen molar-refractivity contribution in [3.05, 3.63) is 151 Å². The number of Topliss-reactive ketones (excluding diaryl/α,β-unsaturated/α-hetero) is 1. The summed E-state index contributed by atoms with van der Waals surface area (Å²) < 4.78 is 3.65. The number of thiocarbonyl (C=S) groups is 2. The lowest BCUT2D eigenvalue weighted by atomic mass is 10.1. The van der Waals surface area contributed by atoms with E-state index in [4.69, 9.17) is 178 Å². The number of thioether (sulfide) groups is 4. The van der Waals surface area contributed by atoms with E-state index >= 15 is 0 Å². The van der Waals surface area contributed by atoms with E-state index in [-0.39, 0.29) is 102 Å². The van der Waals surface area contributed by atoms with Crippen LogP contribution < -0.4 is 9.80 Å². The van der Waals surface area contributed by atoms with Crippen molar-refractivity contribution >= 4 is 254 Å². The molecule has 2 amide bonds. The van der Waals surface area contributed by atoms with E-state index in [9.17, 15) is 19.2 Å². The highest BCUT2D eigenvalue weighted by Gasteiger charge is 2.41. The molecule has 35 heteroatoms. The minimum absolute atomic E-state index is 0.00456. The lowest BCUT2D eigenvalue weighted by Gasteiger charge is -2.16.